The Morgan fingerprint density at radius 2 is 2.38 bits per heavy atom. The van der Waals surface area contributed by atoms with Crippen molar-refractivity contribution in [1.29, 1.82) is 5.26 Å². The minimum atomic E-state index is -0.606. The molecule has 5 heteroatoms. The molecular formula is C11H10ClFN2O. The van der Waals surface area contributed by atoms with Crippen molar-refractivity contribution < 1.29 is 9.18 Å². The molecule has 0 radical (unpaired) electrons. The standard InChI is InChI=1S/C11H10ClFN2O/c1-7(5-12)11(16)15-9-2-3-10(13)8(4-9)6-14/h2-4,7H,5H2,1H3,(H,15,16). The van der Waals surface area contributed by atoms with Crippen LogP contribution in [0.25, 0.3) is 0 Å². The lowest BCUT2D eigenvalue weighted by Gasteiger charge is -2.09. The monoisotopic (exact) mass is 240 g/mol. The van der Waals surface area contributed by atoms with E-state index in [9.17, 15) is 9.18 Å². The molecule has 0 aliphatic rings. The van der Waals surface area contributed by atoms with Crippen LogP contribution in [0.5, 0.6) is 0 Å². The van der Waals surface area contributed by atoms with E-state index < -0.39 is 5.82 Å². The van der Waals surface area contributed by atoms with Crippen LogP contribution >= 0.6 is 11.6 Å². The van der Waals surface area contributed by atoms with Gasteiger partial charge in [-0.05, 0) is 18.2 Å². The van der Waals surface area contributed by atoms with Gasteiger partial charge in [-0.15, -0.1) is 11.6 Å². The summed E-state index contributed by atoms with van der Waals surface area (Å²) in [5, 5.41) is 11.2. The molecular weight excluding hydrogens is 231 g/mol. The molecule has 0 aromatic heterocycles. The molecule has 0 heterocycles. The first-order valence-corrected chi connectivity index (χ1v) is 5.18. The first-order valence-electron chi connectivity index (χ1n) is 4.65. The number of anilines is 1. The topological polar surface area (TPSA) is 52.9 Å². The zero-order valence-electron chi connectivity index (χ0n) is 8.63. The van der Waals surface area contributed by atoms with Gasteiger partial charge in [0.05, 0.1) is 5.56 Å². The maximum atomic E-state index is 13.0. The lowest BCUT2D eigenvalue weighted by atomic mass is 10.1. The van der Waals surface area contributed by atoms with Gasteiger partial charge in [0.2, 0.25) is 5.91 Å². The number of amides is 1. The number of carbonyl (C=O) groups is 1. The number of carbonyl (C=O) groups excluding carboxylic acids is 1. The zero-order valence-corrected chi connectivity index (χ0v) is 9.38. The Morgan fingerprint density at radius 3 is 2.94 bits per heavy atom. The van der Waals surface area contributed by atoms with Crippen molar-refractivity contribution in [3.05, 3.63) is 29.6 Å². The van der Waals surface area contributed by atoms with Crippen LogP contribution < -0.4 is 5.32 Å². The molecule has 0 aliphatic carbocycles. The summed E-state index contributed by atoms with van der Waals surface area (Å²) in [6.45, 7) is 1.68. The fourth-order valence-corrected chi connectivity index (χ4v) is 1.16. The highest BCUT2D eigenvalue weighted by Crippen LogP contribution is 2.15. The van der Waals surface area contributed by atoms with Gasteiger partial charge in [-0.3, -0.25) is 4.79 Å². The summed E-state index contributed by atoms with van der Waals surface area (Å²) in [5.41, 5.74) is 0.288. The smallest absolute Gasteiger partial charge is 0.228 e. The number of hydrogen-bond acceptors (Lipinski definition) is 2. The molecule has 0 saturated carbocycles. The van der Waals surface area contributed by atoms with Crippen molar-refractivity contribution >= 4 is 23.2 Å². The lowest BCUT2D eigenvalue weighted by Crippen LogP contribution is -2.21. The molecule has 0 aliphatic heterocycles. The average Bonchev–Trinajstić information content (AvgIpc) is 2.30. The van der Waals surface area contributed by atoms with E-state index in [1.807, 2.05) is 0 Å². The molecule has 1 unspecified atom stereocenters. The van der Waals surface area contributed by atoms with E-state index in [1.54, 1.807) is 13.0 Å². The molecule has 0 bridgehead atoms. The van der Waals surface area contributed by atoms with E-state index in [4.69, 9.17) is 16.9 Å². The van der Waals surface area contributed by atoms with Crippen LogP contribution in [0.15, 0.2) is 18.2 Å². The number of alkyl halides is 1. The van der Waals surface area contributed by atoms with Gasteiger partial charge in [-0.1, -0.05) is 6.92 Å². The Kier molecular flexibility index (Phi) is 4.27. The van der Waals surface area contributed by atoms with Crippen molar-refractivity contribution in [1.82, 2.24) is 0 Å². The Balaban J connectivity index is 2.83. The quantitative estimate of drug-likeness (QED) is 0.826. The molecule has 0 spiro atoms. The fraction of sp³-hybridized carbons (Fsp3) is 0.273. The molecule has 1 atom stereocenters. The maximum absolute atomic E-state index is 13.0. The molecule has 3 nitrogen and oxygen atoms in total. The summed E-state index contributed by atoms with van der Waals surface area (Å²) >= 11 is 5.52. The Labute approximate surface area is 97.8 Å². The van der Waals surface area contributed by atoms with Gasteiger partial charge in [-0.25, -0.2) is 4.39 Å². The highest BCUT2D eigenvalue weighted by molar-refractivity contribution is 6.19. The number of nitrogens with one attached hydrogen (secondary N) is 1. The summed E-state index contributed by atoms with van der Waals surface area (Å²) in [7, 11) is 0. The number of hydrogen-bond donors (Lipinski definition) is 1. The Morgan fingerprint density at radius 1 is 1.69 bits per heavy atom. The molecule has 16 heavy (non-hydrogen) atoms. The van der Waals surface area contributed by atoms with Crippen molar-refractivity contribution in [3.63, 3.8) is 0 Å². The summed E-state index contributed by atoms with van der Waals surface area (Å²) in [6.07, 6.45) is 0. The number of nitrogens with zero attached hydrogens (tertiary/aromatic N) is 1. The van der Waals surface area contributed by atoms with E-state index in [-0.39, 0.29) is 23.3 Å². The molecule has 1 N–H and O–H groups in total. The van der Waals surface area contributed by atoms with Crippen LogP contribution in [0, 0.1) is 23.1 Å². The van der Waals surface area contributed by atoms with Gasteiger partial charge in [0.1, 0.15) is 11.9 Å². The van der Waals surface area contributed by atoms with E-state index in [2.05, 4.69) is 5.32 Å². The molecule has 1 rings (SSSR count). The fourth-order valence-electron chi connectivity index (χ4n) is 1.02. The predicted octanol–water partition coefficient (Wildman–Crippen LogP) is 2.51. The summed E-state index contributed by atoms with van der Waals surface area (Å²) in [6, 6.07) is 5.52. The van der Waals surface area contributed by atoms with Gasteiger partial charge >= 0.3 is 0 Å². The minimum Gasteiger partial charge on any atom is -0.326 e. The largest absolute Gasteiger partial charge is 0.326 e. The molecule has 0 saturated heterocycles. The first-order chi connectivity index (χ1) is 7.58. The highest BCUT2D eigenvalue weighted by atomic mass is 35.5. The number of rotatable bonds is 3. The van der Waals surface area contributed by atoms with Crippen molar-refractivity contribution in [2.45, 2.75) is 6.92 Å². The summed E-state index contributed by atoms with van der Waals surface area (Å²) < 4.78 is 13.0. The third-order valence-corrected chi connectivity index (χ3v) is 2.50. The van der Waals surface area contributed by atoms with Crippen molar-refractivity contribution in [2.75, 3.05) is 11.2 Å². The van der Waals surface area contributed by atoms with Crippen LogP contribution in [0.3, 0.4) is 0 Å². The average molecular weight is 241 g/mol. The lowest BCUT2D eigenvalue weighted by molar-refractivity contribution is -0.118. The number of benzene rings is 1. The number of nitriles is 1. The third kappa shape index (κ3) is 2.94. The SMILES string of the molecule is CC(CCl)C(=O)Nc1ccc(F)c(C#N)c1. The minimum absolute atomic E-state index is 0.101. The second kappa shape index (κ2) is 5.47. The summed E-state index contributed by atoms with van der Waals surface area (Å²) in [4.78, 5) is 11.5. The molecule has 1 aromatic carbocycles. The molecule has 1 amide bonds. The predicted molar refractivity (Wildman–Crippen MR) is 59.6 cm³/mol. The van der Waals surface area contributed by atoms with E-state index in [1.165, 1.54) is 12.1 Å². The van der Waals surface area contributed by atoms with E-state index in [0.29, 0.717) is 5.69 Å². The van der Waals surface area contributed by atoms with Gasteiger partial charge in [0.25, 0.3) is 0 Å². The van der Waals surface area contributed by atoms with Crippen LogP contribution in [0.1, 0.15) is 12.5 Å². The second-order valence-corrected chi connectivity index (χ2v) is 3.66. The normalized spacial score (nSPS) is 11.6. The third-order valence-electron chi connectivity index (χ3n) is 2.03. The van der Waals surface area contributed by atoms with Crippen molar-refractivity contribution in [3.8, 4) is 6.07 Å². The first kappa shape index (κ1) is 12.5. The van der Waals surface area contributed by atoms with Gasteiger partial charge in [0.15, 0.2) is 0 Å². The van der Waals surface area contributed by atoms with Gasteiger partial charge < -0.3 is 5.32 Å². The maximum Gasteiger partial charge on any atom is 0.228 e. The van der Waals surface area contributed by atoms with E-state index >= 15 is 0 Å². The van der Waals surface area contributed by atoms with Crippen LogP contribution in [-0.2, 0) is 4.79 Å². The number of halogens is 2. The molecule has 1 aromatic rings. The van der Waals surface area contributed by atoms with Crippen LogP contribution in [-0.4, -0.2) is 11.8 Å². The molecule has 84 valence electrons. The van der Waals surface area contributed by atoms with E-state index in [0.717, 1.165) is 6.07 Å². The summed E-state index contributed by atoms with van der Waals surface area (Å²) in [5.74, 6) is -0.994. The van der Waals surface area contributed by atoms with Crippen molar-refractivity contribution in [2.24, 2.45) is 5.92 Å². The van der Waals surface area contributed by atoms with Gasteiger partial charge in [0, 0.05) is 17.5 Å². The Hall–Kier alpha value is -1.60. The van der Waals surface area contributed by atoms with Crippen LogP contribution in [0.2, 0.25) is 0 Å². The Bertz CT molecular complexity index is 442. The second-order valence-electron chi connectivity index (χ2n) is 3.35. The highest BCUT2D eigenvalue weighted by Gasteiger charge is 2.12. The zero-order chi connectivity index (χ0) is 12.1. The van der Waals surface area contributed by atoms with Gasteiger partial charge in [-0.2, -0.15) is 5.26 Å². The van der Waals surface area contributed by atoms with Crippen LogP contribution in [0.4, 0.5) is 10.1 Å². The molecule has 0 fully saturated rings.